The molecule has 18 heavy (non-hydrogen) atoms. The molecule has 0 aliphatic heterocycles. The minimum Gasteiger partial charge on any atom is -0.406 e. The van der Waals surface area contributed by atoms with Crippen molar-refractivity contribution in [2.45, 2.75) is 32.9 Å². The number of nitrogens with zero attached hydrogens (tertiary/aromatic N) is 3. The largest absolute Gasteiger partial charge is 0.406 e. The fourth-order valence-electron chi connectivity index (χ4n) is 1.43. The van der Waals surface area contributed by atoms with Crippen molar-refractivity contribution in [2.24, 2.45) is 0 Å². The van der Waals surface area contributed by atoms with Gasteiger partial charge in [0.25, 0.3) is 0 Å². The normalized spacial score (nSPS) is 12.6. The summed E-state index contributed by atoms with van der Waals surface area (Å²) in [5.41, 5.74) is 0. The van der Waals surface area contributed by atoms with Crippen molar-refractivity contribution in [1.82, 2.24) is 20.7 Å². The van der Waals surface area contributed by atoms with Crippen molar-refractivity contribution in [3.8, 4) is 0 Å². The van der Waals surface area contributed by atoms with Gasteiger partial charge in [-0.1, -0.05) is 17.2 Å². The Kier molecular flexibility index (Phi) is 4.30. The molecule has 98 valence electrons. The van der Waals surface area contributed by atoms with E-state index < -0.39 is 0 Å². The van der Waals surface area contributed by atoms with E-state index in [-0.39, 0.29) is 6.04 Å². The highest BCUT2D eigenvalue weighted by Gasteiger charge is 2.12. The minimum absolute atomic E-state index is 0.0540. The van der Waals surface area contributed by atoms with Gasteiger partial charge in [0.1, 0.15) is 0 Å². The summed E-state index contributed by atoms with van der Waals surface area (Å²) in [6.45, 7) is 5.49. The number of hydrogen-bond donors (Lipinski definition) is 2. The molecule has 2 aromatic heterocycles. The van der Waals surface area contributed by atoms with Gasteiger partial charge in [0, 0.05) is 6.07 Å². The second-order valence-corrected chi connectivity index (χ2v) is 3.95. The molecule has 0 aliphatic carbocycles. The molecule has 2 rings (SSSR count). The van der Waals surface area contributed by atoms with Crippen LogP contribution in [0.1, 0.15) is 38.0 Å². The van der Waals surface area contributed by atoms with E-state index in [2.05, 4.69) is 32.9 Å². The van der Waals surface area contributed by atoms with Gasteiger partial charge < -0.3 is 19.6 Å². The molecule has 2 N–H and O–H groups in total. The maximum atomic E-state index is 5.48. The summed E-state index contributed by atoms with van der Waals surface area (Å²) in [6.07, 6.45) is 2.65. The second kappa shape index (κ2) is 6.15. The zero-order valence-corrected chi connectivity index (χ0v) is 10.5. The van der Waals surface area contributed by atoms with Crippen LogP contribution in [-0.2, 0) is 6.54 Å². The van der Waals surface area contributed by atoms with Crippen molar-refractivity contribution in [2.75, 3.05) is 11.9 Å². The highest BCUT2D eigenvalue weighted by atomic mass is 16.5. The maximum absolute atomic E-state index is 5.48. The van der Waals surface area contributed by atoms with Crippen LogP contribution in [0.25, 0.3) is 0 Å². The Balaban J connectivity index is 1.85. The van der Waals surface area contributed by atoms with Gasteiger partial charge in [0.2, 0.25) is 5.89 Å². The third kappa shape index (κ3) is 3.30. The molecule has 0 spiro atoms. The fraction of sp³-hybridized carbons (Fsp3) is 0.545. The van der Waals surface area contributed by atoms with E-state index in [1.165, 1.54) is 0 Å². The van der Waals surface area contributed by atoms with E-state index in [0.717, 1.165) is 13.0 Å². The molecule has 1 atom stereocenters. The van der Waals surface area contributed by atoms with E-state index in [4.69, 9.17) is 8.94 Å². The molecule has 0 bridgehead atoms. The molecule has 0 saturated heterocycles. The summed E-state index contributed by atoms with van der Waals surface area (Å²) in [7, 11) is 0. The van der Waals surface area contributed by atoms with Gasteiger partial charge in [0.15, 0.2) is 5.76 Å². The summed E-state index contributed by atoms with van der Waals surface area (Å²) in [4.78, 5) is 0. The Labute approximate surface area is 105 Å². The van der Waals surface area contributed by atoms with Crippen LogP contribution in [-0.4, -0.2) is 21.9 Å². The number of hydrogen-bond acceptors (Lipinski definition) is 7. The molecular formula is C11H17N5O2. The van der Waals surface area contributed by atoms with E-state index in [1.807, 2.05) is 6.92 Å². The Morgan fingerprint density at radius 1 is 1.39 bits per heavy atom. The highest BCUT2D eigenvalue weighted by Crippen LogP contribution is 2.14. The Bertz CT molecular complexity index is 454. The van der Waals surface area contributed by atoms with E-state index in [0.29, 0.717) is 24.2 Å². The molecule has 0 aliphatic rings. The Hall–Kier alpha value is -1.89. The van der Waals surface area contributed by atoms with Gasteiger partial charge >= 0.3 is 6.01 Å². The van der Waals surface area contributed by atoms with Gasteiger partial charge in [-0.15, -0.1) is 5.10 Å². The van der Waals surface area contributed by atoms with Crippen LogP contribution < -0.4 is 10.6 Å². The van der Waals surface area contributed by atoms with Gasteiger partial charge in [-0.2, -0.15) is 0 Å². The van der Waals surface area contributed by atoms with Crippen molar-refractivity contribution in [3.05, 3.63) is 23.9 Å². The minimum atomic E-state index is 0.0540. The van der Waals surface area contributed by atoms with Crippen LogP contribution in [0.2, 0.25) is 0 Å². The lowest BCUT2D eigenvalue weighted by Gasteiger charge is -2.07. The fourth-order valence-corrected chi connectivity index (χ4v) is 1.43. The van der Waals surface area contributed by atoms with Gasteiger partial charge in [0.05, 0.1) is 18.8 Å². The van der Waals surface area contributed by atoms with Crippen LogP contribution in [0.5, 0.6) is 0 Å². The standard InChI is InChI=1S/C11H17N5O2/c1-3-5-12-8(2)10-15-16-11(17-10)13-7-9-4-6-14-18-9/h4,6,8,12H,3,5,7H2,1-2H3,(H,13,16). The summed E-state index contributed by atoms with van der Waals surface area (Å²) >= 11 is 0. The summed E-state index contributed by atoms with van der Waals surface area (Å²) < 4.78 is 10.4. The van der Waals surface area contributed by atoms with Gasteiger partial charge in [-0.3, -0.25) is 0 Å². The first-order valence-corrected chi connectivity index (χ1v) is 5.99. The maximum Gasteiger partial charge on any atom is 0.315 e. The quantitative estimate of drug-likeness (QED) is 0.774. The molecule has 0 aromatic carbocycles. The highest BCUT2D eigenvalue weighted by molar-refractivity contribution is 5.18. The Morgan fingerprint density at radius 3 is 3.00 bits per heavy atom. The lowest BCUT2D eigenvalue weighted by Crippen LogP contribution is -2.19. The first-order valence-electron chi connectivity index (χ1n) is 5.99. The van der Waals surface area contributed by atoms with E-state index in [9.17, 15) is 0 Å². The number of rotatable bonds is 7. The zero-order valence-electron chi connectivity index (χ0n) is 10.5. The average Bonchev–Trinajstić information content (AvgIpc) is 3.04. The molecule has 7 nitrogen and oxygen atoms in total. The van der Waals surface area contributed by atoms with Crippen LogP contribution in [0.4, 0.5) is 6.01 Å². The molecule has 0 fully saturated rings. The van der Waals surface area contributed by atoms with Crippen LogP contribution in [0, 0.1) is 0 Å². The van der Waals surface area contributed by atoms with Crippen molar-refractivity contribution in [3.63, 3.8) is 0 Å². The summed E-state index contributed by atoms with van der Waals surface area (Å²) in [5.74, 6) is 1.29. The predicted molar refractivity (Wildman–Crippen MR) is 64.8 cm³/mol. The molecular weight excluding hydrogens is 234 g/mol. The van der Waals surface area contributed by atoms with Crippen molar-refractivity contribution < 1.29 is 8.94 Å². The van der Waals surface area contributed by atoms with E-state index in [1.54, 1.807) is 12.3 Å². The topological polar surface area (TPSA) is 89.0 Å². The first-order chi connectivity index (χ1) is 8.79. The monoisotopic (exact) mass is 251 g/mol. The SMILES string of the molecule is CCCNC(C)c1nnc(NCc2ccno2)o1. The Morgan fingerprint density at radius 2 is 2.28 bits per heavy atom. The summed E-state index contributed by atoms with van der Waals surface area (Å²) in [5, 5.41) is 17.8. The molecule has 0 radical (unpaired) electrons. The third-order valence-corrected chi connectivity index (χ3v) is 2.42. The smallest absolute Gasteiger partial charge is 0.315 e. The molecule has 0 saturated carbocycles. The third-order valence-electron chi connectivity index (χ3n) is 2.42. The molecule has 2 aromatic rings. The lowest BCUT2D eigenvalue weighted by molar-refractivity contribution is 0.384. The van der Waals surface area contributed by atoms with Crippen LogP contribution in [0.3, 0.4) is 0 Å². The van der Waals surface area contributed by atoms with Gasteiger partial charge in [-0.05, 0) is 19.9 Å². The number of nitrogens with one attached hydrogen (secondary N) is 2. The molecule has 1 unspecified atom stereocenters. The molecule has 0 amide bonds. The van der Waals surface area contributed by atoms with Crippen LogP contribution in [0.15, 0.2) is 21.2 Å². The molecule has 7 heteroatoms. The first kappa shape index (κ1) is 12.6. The van der Waals surface area contributed by atoms with Crippen LogP contribution >= 0.6 is 0 Å². The molecule has 2 heterocycles. The second-order valence-electron chi connectivity index (χ2n) is 3.95. The van der Waals surface area contributed by atoms with Gasteiger partial charge in [-0.25, -0.2) is 0 Å². The lowest BCUT2D eigenvalue weighted by atomic mass is 10.3. The van der Waals surface area contributed by atoms with E-state index >= 15 is 0 Å². The van der Waals surface area contributed by atoms with Crippen molar-refractivity contribution >= 4 is 6.01 Å². The van der Waals surface area contributed by atoms with Crippen molar-refractivity contribution in [1.29, 1.82) is 0 Å². The predicted octanol–water partition coefficient (Wildman–Crippen LogP) is 1.73. The number of anilines is 1. The average molecular weight is 251 g/mol. The summed E-state index contributed by atoms with van der Waals surface area (Å²) in [6, 6.07) is 2.21. The zero-order chi connectivity index (χ0) is 12.8. The number of aromatic nitrogens is 3.